The summed E-state index contributed by atoms with van der Waals surface area (Å²) in [7, 11) is 0. The van der Waals surface area contributed by atoms with E-state index in [1.54, 1.807) is 29.2 Å². The lowest BCUT2D eigenvalue weighted by atomic mass is 10.1. The molecule has 0 bridgehead atoms. The largest absolute Gasteiger partial charge is 0.449 e. The molecular weight excluding hydrogens is 422 g/mol. The van der Waals surface area contributed by atoms with E-state index in [4.69, 9.17) is 4.74 Å². The summed E-state index contributed by atoms with van der Waals surface area (Å²) in [6, 6.07) is 12.4. The number of benzene rings is 2. The van der Waals surface area contributed by atoms with E-state index in [2.05, 4.69) is 10.6 Å². The predicted molar refractivity (Wildman–Crippen MR) is 124 cm³/mol. The van der Waals surface area contributed by atoms with Gasteiger partial charge in [-0.25, -0.2) is 4.79 Å². The van der Waals surface area contributed by atoms with Crippen LogP contribution >= 0.6 is 0 Å². The van der Waals surface area contributed by atoms with Crippen molar-refractivity contribution < 1.29 is 23.9 Å². The molecule has 2 N–H and O–H groups in total. The minimum atomic E-state index is -1.06. The highest BCUT2D eigenvalue weighted by molar-refractivity contribution is 5.97. The third-order valence-corrected chi connectivity index (χ3v) is 5.56. The summed E-state index contributed by atoms with van der Waals surface area (Å²) in [5.74, 6) is -1.43. The molecule has 1 fully saturated rings. The van der Waals surface area contributed by atoms with Crippen molar-refractivity contribution in [1.82, 2.24) is 10.2 Å². The number of aryl methyl sites for hydroxylation is 2. The van der Waals surface area contributed by atoms with Crippen LogP contribution in [0.15, 0.2) is 42.5 Å². The van der Waals surface area contributed by atoms with Crippen molar-refractivity contribution in [1.29, 1.82) is 0 Å². The van der Waals surface area contributed by atoms with Gasteiger partial charge in [0.2, 0.25) is 11.8 Å². The van der Waals surface area contributed by atoms with Crippen molar-refractivity contribution in [2.75, 3.05) is 18.4 Å². The number of carbonyl (C=O) groups is 4. The van der Waals surface area contributed by atoms with Crippen LogP contribution in [0, 0.1) is 13.8 Å². The molecule has 1 atom stereocenters. The molecule has 0 saturated carbocycles. The van der Waals surface area contributed by atoms with Crippen molar-refractivity contribution in [3.05, 3.63) is 64.7 Å². The van der Waals surface area contributed by atoms with Gasteiger partial charge >= 0.3 is 5.97 Å². The van der Waals surface area contributed by atoms with Crippen LogP contribution in [0.1, 0.15) is 46.8 Å². The summed E-state index contributed by atoms with van der Waals surface area (Å²) in [5, 5.41) is 5.27. The maximum atomic E-state index is 12.4. The van der Waals surface area contributed by atoms with Crippen LogP contribution in [0.4, 0.5) is 5.69 Å². The predicted octanol–water partition coefficient (Wildman–Crippen LogP) is 2.73. The number of amides is 3. The Labute approximate surface area is 193 Å². The molecule has 0 aromatic heterocycles. The second-order valence-corrected chi connectivity index (χ2v) is 8.20. The second-order valence-electron chi connectivity index (χ2n) is 8.20. The monoisotopic (exact) mass is 451 g/mol. The van der Waals surface area contributed by atoms with Gasteiger partial charge in [0.15, 0.2) is 6.10 Å². The Hall–Kier alpha value is -3.68. The smallest absolute Gasteiger partial charge is 0.338 e. The molecule has 0 radical (unpaired) electrons. The topological polar surface area (TPSA) is 105 Å². The fourth-order valence-corrected chi connectivity index (χ4v) is 3.63. The molecule has 1 aliphatic heterocycles. The molecular formula is C25H29N3O5. The number of esters is 1. The lowest BCUT2D eigenvalue weighted by molar-refractivity contribution is -0.130. The van der Waals surface area contributed by atoms with E-state index in [1.807, 2.05) is 32.0 Å². The van der Waals surface area contributed by atoms with Crippen LogP contribution in [0.2, 0.25) is 0 Å². The van der Waals surface area contributed by atoms with Crippen molar-refractivity contribution >= 4 is 29.4 Å². The van der Waals surface area contributed by atoms with Gasteiger partial charge in [0.05, 0.1) is 12.1 Å². The minimum Gasteiger partial charge on any atom is -0.449 e. The Morgan fingerprint density at radius 3 is 2.33 bits per heavy atom. The van der Waals surface area contributed by atoms with E-state index < -0.39 is 18.0 Å². The molecule has 8 nitrogen and oxygen atoms in total. The summed E-state index contributed by atoms with van der Waals surface area (Å²) >= 11 is 0. The van der Waals surface area contributed by atoms with Crippen molar-refractivity contribution in [2.45, 2.75) is 46.3 Å². The first-order chi connectivity index (χ1) is 15.7. The van der Waals surface area contributed by atoms with Gasteiger partial charge in [-0.05, 0) is 56.0 Å². The fourth-order valence-electron chi connectivity index (χ4n) is 3.63. The molecule has 8 heteroatoms. The first kappa shape index (κ1) is 24.0. The zero-order valence-corrected chi connectivity index (χ0v) is 19.1. The Morgan fingerprint density at radius 1 is 1.06 bits per heavy atom. The molecule has 0 aliphatic carbocycles. The molecule has 1 heterocycles. The molecule has 33 heavy (non-hydrogen) atoms. The third-order valence-electron chi connectivity index (χ3n) is 5.56. The lowest BCUT2D eigenvalue weighted by Gasteiger charge is -2.16. The molecule has 3 rings (SSSR count). The first-order valence-electron chi connectivity index (χ1n) is 11.0. The number of nitrogens with one attached hydrogen (secondary N) is 2. The van der Waals surface area contributed by atoms with Gasteiger partial charge in [-0.2, -0.15) is 0 Å². The quantitative estimate of drug-likeness (QED) is 0.601. The summed E-state index contributed by atoms with van der Waals surface area (Å²) in [6.45, 7) is 6.25. The van der Waals surface area contributed by atoms with E-state index in [0.29, 0.717) is 24.2 Å². The average Bonchev–Trinajstić information content (AvgIpc) is 3.19. The minimum absolute atomic E-state index is 0.140. The van der Waals surface area contributed by atoms with Gasteiger partial charge in [0.1, 0.15) is 0 Å². The summed E-state index contributed by atoms with van der Waals surface area (Å²) in [6.07, 6.45) is 0.390. The highest BCUT2D eigenvalue weighted by atomic mass is 16.5. The van der Waals surface area contributed by atoms with Gasteiger partial charge in [-0.1, -0.05) is 30.3 Å². The fraction of sp³-hybridized carbons (Fsp3) is 0.360. The molecule has 1 saturated heterocycles. The van der Waals surface area contributed by atoms with Crippen LogP contribution in [0.3, 0.4) is 0 Å². The van der Waals surface area contributed by atoms with Crippen LogP contribution in [-0.4, -0.2) is 47.8 Å². The van der Waals surface area contributed by atoms with Crippen molar-refractivity contribution in [3.63, 3.8) is 0 Å². The molecule has 3 amide bonds. The summed E-state index contributed by atoms with van der Waals surface area (Å²) in [5.41, 5.74) is 3.79. The van der Waals surface area contributed by atoms with E-state index in [1.165, 1.54) is 6.92 Å². The number of carbonyl (C=O) groups excluding carboxylic acids is 4. The Kier molecular flexibility index (Phi) is 7.82. The molecule has 0 spiro atoms. The van der Waals surface area contributed by atoms with Gasteiger partial charge < -0.3 is 20.3 Å². The summed E-state index contributed by atoms with van der Waals surface area (Å²) < 4.78 is 5.23. The maximum absolute atomic E-state index is 12.4. The normalized spacial score (nSPS) is 14.0. The van der Waals surface area contributed by atoms with Crippen LogP contribution in [0.25, 0.3) is 0 Å². The van der Waals surface area contributed by atoms with Gasteiger partial charge in [-0.3, -0.25) is 14.4 Å². The molecule has 1 unspecified atom stereocenters. The Balaban J connectivity index is 1.46. The third kappa shape index (κ3) is 6.41. The maximum Gasteiger partial charge on any atom is 0.338 e. The zero-order chi connectivity index (χ0) is 24.0. The number of ether oxygens (including phenoxy) is 1. The Bertz CT molecular complexity index is 1030. The molecule has 2 aromatic carbocycles. The zero-order valence-electron chi connectivity index (χ0n) is 19.1. The lowest BCUT2D eigenvalue weighted by Crippen LogP contribution is -2.40. The average molecular weight is 452 g/mol. The van der Waals surface area contributed by atoms with Gasteiger partial charge in [0, 0.05) is 25.2 Å². The van der Waals surface area contributed by atoms with E-state index in [9.17, 15) is 19.2 Å². The highest BCUT2D eigenvalue weighted by Crippen LogP contribution is 2.19. The van der Waals surface area contributed by atoms with Gasteiger partial charge in [0.25, 0.3) is 5.91 Å². The number of rotatable bonds is 8. The number of para-hydroxylation sites is 1. The van der Waals surface area contributed by atoms with E-state index >= 15 is 0 Å². The number of likely N-dealkylation sites (tertiary alicyclic amines) is 1. The van der Waals surface area contributed by atoms with Crippen molar-refractivity contribution in [3.8, 4) is 0 Å². The Morgan fingerprint density at radius 2 is 1.73 bits per heavy atom. The van der Waals surface area contributed by atoms with Crippen LogP contribution in [-0.2, 0) is 25.7 Å². The van der Waals surface area contributed by atoms with Crippen molar-refractivity contribution in [2.24, 2.45) is 0 Å². The summed E-state index contributed by atoms with van der Waals surface area (Å²) in [4.78, 5) is 50.4. The number of hydrogen-bond donors (Lipinski definition) is 2. The van der Waals surface area contributed by atoms with Crippen LogP contribution in [0.5, 0.6) is 0 Å². The number of nitrogens with zero attached hydrogens (tertiary/aromatic N) is 1. The molecule has 1 aliphatic rings. The number of hydrogen-bond acceptors (Lipinski definition) is 5. The van der Waals surface area contributed by atoms with E-state index in [0.717, 1.165) is 29.7 Å². The van der Waals surface area contributed by atoms with Gasteiger partial charge in [-0.15, -0.1) is 0 Å². The highest BCUT2D eigenvalue weighted by Gasteiger charge is 2.21. The van der Waals surface area contributed by atoms with E-state index in [-0.39, 0.29) is 18.4 Å². The van der Waals surface area contributed by atoms with Crippen LogP contribution < -0.4 is 10.6 Å². The molecule has 2 aromatic rings. The second kappa shape index (κ2) is 10.8. The standard InChI is InChI=1S/C25H29N3O5/c1-16-6-4-7-17(2)23(16)27-21(29)14-26-24(31)18(3)33-25(32)20-11-9-19(10-12-20)15-28-13-5-8-22(28)30/h4,6-7,9-12,18H,5,8,13-15H2,1-3H3,(H,26,31)(H,27,29). The number of anilines is 1. The SMILES string of the molecule is Cc1cccc(C)c1NC(=O)CNC(=O)C(C)OC(=O)c1ccc(CN2CCCC2=O)cc1. The first-order valence-corrected chi connectivity index (χ1v) is 11.0. The molecule has 174 valence electrons.